The molecule has 0 fully saturated rings. The average molecular weight is 311 g/mol. The highest BCUT2D eigenvalue weighted by Crippen LogP contribution is 2.32. The molecule has 0 unspecified atom stereocenters. The molecule has 0 aliphatic heterocycles. The Hall–Kier alpha value is -1.95. The van der Waals surface area contributed by atoms with Crippen LogP contribution in [0.25, 0.3) is 0 Å². The van der Waals surface area contributed by atoms with Gasteiger partial charge in [-0.3, -0.25) is 0 Å². The Morgan fingerprint density at radius 3 is 2.67 bits per heavy atom. The molecule has 2 N–H and O–H groups in total. The Kier molecular flexibility index (Phi) is 5.27. The number of benzene rings is 2. The molecule has 0 saturated heterocycles. The molecule has 0 aromatic heterocycles. The molecule has 6 heteroatoms. The van der Waals surface area contributed by atoms with E-state index in [2.05, 4.69) is 5.32 Å². The lowest BCUT2D eigenvalue weighted by Gasteiger charge is -2.12. The molecule has 2 aromatic carbocycles. The quantitative estimate of drug-likeness (QED) is 0.779. The maximum atomic E-state index is 12.5. The second kappa shape index (κ2) is 7.17. The van der Waals surface area contributed by atoms with Crippen LogP contribution in [0.1, 0.15) is 5.56 Å². The van der Waals surface area contributed by atoms with Crippen LogP contribution in [0.4, 0.5) is 14.5 Å². The number of alkyl halides is 2. The van der Waals surface area contributed by atoms with Gasteiger partial charge in [0.2, 0.25) is 0 Å². The van der Waals surface area contributed by atoms with Gasteiger partial charge in [-0.25, -0.2) is 0 Å². The number of aromatic hydroxyl groups is 1. The predicted molar refractivity (Wildman–Crippen MR) is 80.3 cm³/mol. The second-order valence-electron chi connectivity index (χ2n) is 4.23. The van der Waals surface area contributed by atoms with E-state index in [4.69, 9.17) is 4.74 Å². The van der Waals surface area contributed by atoms with E-state index in [0.29, 0.717) is 34.6 Å². The van der Waals surface area contributed by atoms with Gasteiger partial charge in [-0.05, 0) is 29.8 Å². The molecule has 0 aliphatic rings. The van der Waals surface area contributed by atoms with Gasteiger partial charge in [-0.15, -0.1) is 0 Å². The number of methoxy groups -OCH3 is 1. The van der Waals surface area contributed by atoms with Crippen molar-refractivity contribution in [3.05, 3.63) is 48.0 Å². The fourth-order valence-electron chi connectivity index (χ4n) is 1.85. The largest absolute Gasteiger partial charge is 0.504 e. The number of hydrogen-bond acceptors (Lipinski definition) is 4. The van der Waals surface area contributed by atoms with Crippen LogP contribution in [0.5, 0.6) is 11.5 Å². The van der Waals surface area contributed by atoms with Crippen LogP contribution in [0, 0.1) is 0 Å². The highest BCUT2D eigenvalue weighted by molar-refractivity contribution is 7.99. The van der Waals surface area contributed by atoms with Crippen molar-refractivity contribution in [3.63, 3.8) is 0 Å². The van der Waals surface area contributed by atoms with Crippen molar-refractivity contribution in [3.8, 4) is 11.5 Å². The van der Waals surface area contributed by atoms with Crippen LogP contribution < -0.4 is 10.1 Å². The van der Waals surface area contributed by atoms with Crippen LogP contribution in [0.3, 0.4) is 0 Å². The molecule has 2 aromatic rings. The molecule has 0 aliphatic carbocycles. The van der Waals surface area contributed by atoms with Crippen LogP contribution >= 0.6 is 11.8 Å². The van der Waals surface area contributed by atoms with Gasteiger partial charge < -0.3 is 15.2 Å². The number of phenols is 1. The Labute approximate surface area is 125 Å². The zero-order valence-electron chi connectivity index (χ0n) is 11.3. The molecule has 0 spiro atoms. The fourth-order valence-corrected chi connectivity index (χ4v) is 2.47. The van der Waals surface area contributed by atoms with E-state index < -0.39 is 5.76 Å². The molecule has 0 amide bonds. The Morgan fingerprint density at radius 2 is 2.00 bits per heavy atom. The molecular weight excluding hydrogens is 296 g/mol. The molecule has 2 rings (SSSR count). The summed E-state index contributed by atoms with van der Waals surface area (Å²) >= 11 is 0.504. The number of nitrogens with one attached hydrogen (secondary N) is 1. The lowest BCUT2D eigenvalue weighted by Crippen LogP contribution is -2.01. The number of anilines is 1. The van der Waals surface area contributed by atoms with E-state index in [0.717, 1.165) is 5.56 Å². The molecule has 3 nitrogen and oxygen atoms in total. The van der Waals surface area contributed by atoms with Crippen molar-refractivity contribution in [2.45, 2.75) is 17.2 Å². The first kappa shape index (κ1) is 15.4. The second-order valence-corrected chi connectivity index (χ2v) is 5.27. The van der Waals surface area contributed by atoms with Gasteiger partial charge >= 0.3 is 0 Å². The molecule has 112 valence electrons. The van der Waals surface area contributed by atoms with E-state index in [-0.39, 0.29) is 5.75 Å². The maximum Gasteiger partial charge on any atom is 0.288 e. The summed E-state index contributed by atoms with van der Waals surface area (Å²) in [4.78, 5) is 0.491. The Bertz CT molecular complexity index is 608. The van der Waals surface area contributed by atoms with Gasteiger partial charge in [0.1, 0.15) is 0 Å². The Morgan fingerprint density at radius 1 is 1.24 bits per heavy atom. The average Bonchev–Trinajstić information content (AvgIpc) is 2.46. The first-order chi connectivity index (χ1) is 10.1. The third-order valence-electron chi connectivity index (χ3n) is 2.83. The van der Waals surface area contributed by atoms with Crippen molar-refractivity contribution in [1.82, 2.24) is 0 Å². The number of ether oxygens (including phenoxy) is 1. The molecular formula is C15H15F2NO2S. The van der Waals surface area contributed by atoms with Crippen molar-refractivity contribution in [2.24, 2.45) is 0 Å². The summed E-state index contributed by atoms with van der Waals surface area (Å²) < 4.78 is 29.9. The van der Waals surface area contributed by atoms with E-state index in [1.807, 2.05) is 0 Å². The normalized spacial score (nSPS) is 10.7. The van der Waals surface area contributed by atoms with E-state index in [1.54, 1.807) is 42.5 Å². The van der Waals surface area contributed by atoms with Gasteiger partial charge in [0.25, 0.3) is 5.76 Å². The minimum Gasteiger partial charge on any atom is -0.504 e. The summed E-state index contributed by atoms with van der Waals surface area (Å²) in [7, 11) is 1.48. The summed E-state index contributed by atoms with van der Waals surface area (Å²) in [5, 5.41) is 12.8. The Balaban J connectivity index is 2.08. The number of para-hydroxylation sites is 1. The summed E-state index contributed by atoms with van der Waals surface area (Å²) in [6.07, 6.45) is 0. The van der Waals surface area contributed by atoms with Crippen molar-refractivity contribution < 1.29 is 18.6 Å². The number of rotatable bonds is 6. The molecule has 0 heterocycles. The summed E-state index contributed by atoms with van der Waals surface area (Å²) in [5.74, 6) is -2.02. The van der Waals surface area contributed by atoms with Crippen molar-refractivity contribution in [1.29, 1.82) is 0 Å². The first-order valence-corrected chi connectivity index (χ1v) is 7.11. The number of phenolic OH excluding ortho intramolecular Hbond substituents is 1. The number of hydrogen-bond donors (Lipinski definition) is 2. The molecule has 0 radical (unpaired) electrons. The smallest absolute Gasteiger partial charge is 0.288 e. The van der Waals surface area contributed by atoms with E-state index >= 15 is 0 Å². The summed E-state index contributed by atoms with van der Waals surface area (Å²) in [5.41, 5.74) is 1.46. The molecule has 0 atom stereocenters. The lowest BCUT2D eigenvalue weighted by atomic mass is 10.2. The zero-order valence-corrected chi connectivity index (χ0v) is 12.2. The predicted octanol–water partition coefficient (Wildman–Crippen LogP) is 4.33. The van der Waals surface area contributed by atoms with Gasteiger partial charge in [-0.1, -0.05) is 30.0 Å². The zero-order chi connectivity index (χ0) is 15.2. The third kappa shape index (κ3) is 4.26. The van der Waals surface area contributed by atoms with Crippen molar-refractivity contribution in [2.75, 3.05) is 12.4 Å². The maximum absolute atomic E-state index is 12.5. The van der Waals surface area contributed by atoms with Crippen LogP contribution in [0.2, 0.25) is 0 Å². The number of halogens is 2. The minimum absolute atomic E-state index is 0.0482. The SMILES string of the molecule is COc1ccc(CNc2ccccc2SC(F)F)cc1O. The fraction of sp³-hybridized carbons (Fsp3) is 0.200. The highest BCUT2D eigenvalue weighted by Gasteiger charge is 2.09. The summed E-state index contributed by atoms with van der Waals surface area (Å²) in [6.45, 7) is 0.415. The van der Waals surface area contributed by atoms with Gasteiger partial charge in [0.15, 0.2) is 11.5 Å². The van der Waals surface area contributed by atoms with Crippen LogP contribution in [-0.2, 0) is 6.54 Å². The molecule has 0 bridgehead atoms. The summed E-state index contributed by atoms with van der Waals surface area (Å²) in [6, 6.07) is 11.9. The monoisotopic (exact) mass is 311 g/mol. The standard InChI is InChI=1S/C15H15F2NO2S/c1-20-13-7-6-10(8-12(13)19)9-18-11-4-2-3-5-14(11)21-15(16)17/h2-8,15,18-19H,9H2,1H3. The van der Waals surface area contributed by atoms with Gasteiger partial charge in [-0.2, -0.15) is 8.78 Å². The van der Waals surface area contributed by atoms with Crippen LogP contribution in [0.15, 0.2) is 47.4 Å². The number of thioether (sulfide) groups is 1. The van der Waals surface area contributed by atoms with E-state index in [9.17, 15) is 13.9 Å². The minimum atomic E-state index is -2.46. The topological polar surface area (TPSA) is 41.5 Å². The lowest BCUT2D eigenvalue weighted by molar-refractivity contribution is 0.252. The highest BCUT2D eigenvalue weighted by atomic mass is 32.2. The van der Waals surface area contributed by atoms with Crippen molar-refractivity contribution >= 4 is 17.4 Å². The molecule has 21 heavy (non-hydrogen) atoms. The van der Waals surface area contributed by atoms with Gasteiger partial charge in [0, 0.05) is 17.1 Å². The first-order valence-electron chi connectivity index (χ1n) is 6.23. The third-order valence-corrected chi connectivity index (χ3v) is 3.62. The van der Waals surface area contributed by atoms with Gasteiger partial charge in [0.05, 0.1) is 7.11 Å². The van der Waals surface area contributed by atoms with E-state index in [1.165, 1.54) is 7.11 Å². The van der Waals surface area contributed by atoms with Crippen LogP contribution in [-0.4, -0.2) is 18.0 Å². The molecule has 0 saturated carbocycles.